The van der Waals surface area contributed by atoms with Crippen LogP contribution in [0.15, 0.2) is 12.1 Å². The van der Waals surface area contributed by atoms with Gasteiger partial charge in [0.05, 0.1) is 0 Å². The number of rotatable bonds is 3. The number of halogens is 2. The van der Waals surface area contributed by atoms with E-state index >= 15 is 0 Å². The third-order valence-corrected chi connectivity index (χ3v) is 1.66. The van der Waals surface area contributed by atoms with E-state index in [2.05, 4.69) is 4.98 Å². The number of carboxylic acids is 1. The number of carbonyl (C=O) groups is 1. The van der Waals surface area contributed by atoms with Crippen molar-refractivity contribution >= 4 is 5.97 Å². The summed E-state index contributed by atoms with van der Waals surface area (Å²) in [5, 5.41) is 8.52. The Morgan fingerprint density at radius 3 is 2.64 bits per heavy atom. The van der Waals surface area contributed by atoms with Gasteiger partial charge in [0, 0.05) is 6.54 Å². The van der Waals surface area contributed by atoms with Crippen LogP contribution in [0.3, 0.4) is 0 Å². The third kappa shape index (κ3) is 2.02. The number of aromatic carboxylic acids is 1. The van der Waals surface area contributed by atoms with Gasteiger partial charge in [-0.15, -0.1) is 0 Å². The van der Waals surface area contributed by atoms with Gasteiger partial charge in [-0.25, -0.2) is 18.6 Å². The Hall–Kier alpha value is -1.56. The molecule has 0 saturated carbocycles. The van der Waals surface area contributed by atoms with E-state index in [0.29, 0.717) is 0 Å². The first kappa shape index (κ1) is 10.5. The molecule has 0 aliphatic heterocycles. The van der Waals surface area contributed by atoms with Crippen molar-refractivity contribution in [3.63, 3.8) is 0 Å². The number of hydrogen-bond acceptors (Lipinski definition) is 3. The SMILES string of the molecule is NCc1ccc(C(=O)O)nc1C(F)F. The zero-order valence-electron chi connectivity index (χ0n) is 7.08. The molecule has 4 nitrogen and oxygen atoms in total. The summed E-state index contributed by atoms with van der Waals surface area (Å²) in [6.45, 7) is -0.0907. The highest BCUT2D eigenvalue weighted by Gasteiger charge is 2.16. The van der Waals surface area contributed by atoms with E-state index in [1.807, 2.05) is 0 Å². The number of nitrogens with zero attached hydrogens (tertiary/aromatic N) is 1. The first-order chi connectivity index (χ1) is 6.56. The average molecular weight is 202 g/mol. The molecule has 0 fully saturated rings. The van der Waals surface area contributed by atoms with E-state index in [4.69, 9.17) is 10.8 Å². The molecule has 0 aromatic carbocycles. The smallest absolute Gasteiger partial charge is 0.354 e. The van der Waals surface area contributed by atoms with Crippen LogP contribution in [-0.4, -0.2) is 16.1 Å². The van der Waals surface area contributed by atoms with Gasteiger partial charge in [-0.1, -0.05) is 6.07 Å². The highest BCUT2D eigenvalue weighted by atomic mass is 19.3. The molecule has 1 heterocycles. The van der Waals surface area contributed by atoms with Crippen molar-refractivity contribution in [2.24, 2.45) is 5.73 Å². The molecule has 76 valence electrons. The molecule has 0 aliphatic carbocycles. The number of pyridine rings is 1. The van der Waals surface area contributed by atoms with Crippen molar-refractivity contribution in [1.82, 2.24) is 4.98 Å². The van der Waals surface area contributed by atoms with E-state index in [1.54, 1.807) is 0 Å². The van der Waals surface area contributed by atoms with E-state index in [9.17, 15) is 13.6 Å². The lowest BCUT2D eigenvalue weighted by atomic mass is 10.1. The predicted molar refractivity (Wildman–Crippen MR) is 44.0 cm³/mol. The van der Waals surface area contributed by atoms with E-state index in [1.165, 1.54) is 6.07 Å². The number of nitrogens with two attached hydrogens (primary N) is 1. The van der Waals surface area contributed by atoms with Crippen LogP contribution in [0, 0.1) is 0 Å². The highest BCUT2D eigenvalue weighted by molar-refractivity contribution is 5.85. The van der Waals surface area contributed by atoms with Crippen LogP contribution in [0.5, 0.6) is 0 Å². The Morgan fingerprint density at radius 1 is 1.57 bits per heavy atom. The van der Waals surface area contributed by atoms with E-state index in [-0.39, 0.29) is 12.1 Å². The van der Waals surface area contributed by atoms with Gasteiger partial charge in [0.2, 0.25) is 0 Å². The van der Waals surface area contributed by atoms with Gasteiger partial charge in [0.15, 0.2) is 0 Å². The molecule has 0 bridgehead atoms. The molecule has 1 rings (SSSR count). The van der Waals surface area contributed by atoms with E-state index < -0.39 is 23.8 Å². The van der Waals surface area contributed by atoms with Crippen LogP contribution in [-0.2, 0) is 6.54 Å². The number of carboxylic acid groups (broad SMARTS) is 1. The molecule has 1 aromatic rings. The Morgan fingerprint density at radius 2 is 2.21 bits per heavy atom. The van der Waals surface area contributed by atoms with Gasteiger partial charge in [-0.2, -0.15) is 0 Å². The normalized spacial score (nSPS) is 10.6. The molecule has 0 radical (unpaired) electrons. The van der Waals surface area contributed by atoms with Gasteiger partial charge in [0.25, 0.3) is 6.43 Å². The Balaban J connectivity index is 3.20. The van der Waals surface area contributed by atoms with Crippen molar-refractivity contribution in [3.05, 3.63) is 29.1 Å². The average Bonchev–Trinajstić information content (AvgIpc) is 2.16. The first-order valence-corrected chi connectivity index (χ1v) is 3.77. The second-order valence-electron chi connectivity index (χ2n) is 2.55. The predicted octanol–water partition coefficient (Wildman–Crippen LogP) is 1.18. The molecule has 0 amide bonds. The fraction of sp³-hybridized carbons (Fsp3) is 0.250. The standard InChI is InChI=1S/C8H8F2N2O2/c9-7(10)6-4(3-11)1-2-5(12-6)8(13)14/h1-2,7H,3,11H2,(H,13,14). The molecular weight excluding hydrogens is 194 g/mol. The number of aromatic nitrogens is 1. The fourth-order valence-electron chi connectivity index (χ4n) is 0.984. The maximum absolute atomic E-state index is 12.3. The van der Waals surface area contributed by atoms with Crippen LogP contribution in [0.4, 0.5) is 8.78 Å². The van der Waals surface area contributed by atoms with Crippen LogP contribution >= 0.6 is 0 Å². The summed E-state index contributed by atoms with van der Waals surface area (Å²) in [6.07, 6.45) is -2.81. The molecule has 14 heavy (non-hydrogen) atoms. The van der Waals surface area contributed by atoms with Crippen LogP contribution in [0.2, 0.25) is 0 Å². The van der Waals surface area contributed by atoms with Crippen LogP contribution in [0.1, 0.15) is 28.2 Å². The lowest BCUT2D eigenvalue weighted by Crippen LogP contribution is -2.09. The summed E-state index contributed by atoms with van der Waals surface area (Å²) in [7, 11) is 0. The Kier molecular flexibility index (Phi) is 3.08. The monoisotopic (exact) mass is 202 g/mol. The van der Waals surface area contributed by atoms with Gasteiger partial charge in [-0.05, 0) is 11.6 Å². The second-order valence-corrected chi connectivity index (χ2v) is 2.55. The molecular formula is C8H8F2N2O2. The molecule has 0 atom stereocenters. The molecule has 0 saturated heterocycles. The van der Waals surface area contributed by atoms with E-state index in [0.717, 1.165) is 6.07 Å². The van der Waals surface area contributed by atoms with Crippen LogP contribution < -0.4 is 5.73 Å². The van der Waals surface area contributed by atoms with Crippen molar-refractivity contribution < 1.29 is 18.7 Å². The summed E-state index contributed by atoms with van der Waals surface area (Å²) in [5.41, 5.74) is 4.38. The minimum absolute atomic E-state index is 0.0907. The highest BCUT2D eigenvalue weighted by Crippen LogP contribution is 2.20. The van der Waals surface area contributed by atoms with Crippen LogP contribution in [0.25, 0.3) is 0 Å². The minimum Gasteiger partial charge on any atom is -0.477 e. The van der Waals surface area contributed by atoms with Gasteiger partial charge in [0.1, 0.15) is 11.4 Å². The summed E-state index contributed by atoms with van der Waals surface area (Å²) in [4.78, 5) is 13.7. The van der Waals surface area contributed by atoms with Gasteiger partial charge in [-0.3, -0.25) is 0 Å². The van der Waals surface area contributed by atoms with Crippen molar-refractivity contribution in [2.45, 2.75) is 13.0 Å². The number of hydrogen-bond donors (Lipinski definition) is 2. The summed E-state index contributed by atoms with van der Waals surface area (Å²) >= 11 is 0. The lowest BCUT2D eigenvalue weighted by molar-refractivity contribution is 0.0688. The summed E-state index contributed by atoms with van der Waals surface area (Å²) in [5.74, 6) is -1.34. The second kappa shape index (κ2) is 4.10. The largest absolute Gasteiger partial charge is 0.477 e. The summed E-state index contributed by atoms with van der Waals surface area (Å²) in [6, 6.07) is 2.40. The minimum atomic E-state index is -2.81. The summed E-state index contributed by atoms with van der Waals surface area (Å²) < 4.78 is 24.7. The molecule has 0 spiro atoms. The quantitative estimate of drug-likeness (QED) is 0.771. The molecule has 0 unspecified atom stereocenters. The van der Waals surface area contributed by atoms with Crippen molar-refractivity contribution in [2.75, 3.05) is 0 Å². The molecule has 6 heteroatoms. The maximum atomic E-state index is 12.3. The molecule has 1 aromatic heterocycles. The van der Waals surface area contributed by atoms with Crippen molar-refractivity contribution in [3.8, 4) is 0 Å². The first-order valence-electron chi connectivity index (χ1n) is 3.77. The maximum Gasteiger partial charge on any atom is 0.354 e. The number of alkyl halides is 2. The zero-order chi connectivity index (χ0) is 10.7. The van der Waals surface area contributed by atoms with Gasteiger partial charge >= 0.3 is 5.97 Å². The lowest BCUT2D eigenvalue weighted by Gasteiger charge is -2.06. The molecule has 0 aliphatic rings. The third-order valence-electron chi connectivity index (χ3n) is 1.66. The van der Waals surface area contributed by atoms with Crippen molar-refractivity contribution in [1.29, 1.82) is 0 Å². The topological polar surface area (TPSA) is 76.2 Å². The zero-order valence-corrected chi connectivity index (χ0v) is 7.08. The Labute approximate surface area is 78.4 Å². The fourth-order valence-corrected chi connectivity index (χ4v) is 0.984. The van der Waals surface area contributed by atoms with Gasteiger partial charge < -0.3 is 10.8 Å². The molecule has 3 N–H and O–H groups in total. The Bertz CT molecular complexity index is 355.